The molecule has 0 aromatic heterocycles. The molecule has 0 aliphatic carbocycles. The van der Waals surface area contributed by atoms with E-state index in [0.717, 1.165) is 53.8 Å². The van der Waals surface area contributed by atoms with E-state index in [1.165, 1.54) is 4.90 Å². The Morgan fingerprint density at radius 3 is 2.12 bits per heavy atom. The number of nitrogens with two attached hydrogens (primary N) is 1. The van der Waals surface area contributed by atoms with E-state index in [-0.39, 0.29) is 11.8 Å². The van der Waals surface area contributed by atoms with Crippen molar-refractivity contribution in [3.8, 4) is 5.75 Å². The molecule has 0 radical (unpaired) electrons. The van der Waals surface area contributed by atoms with Gasteiger partial charge in [0.05, 0.1) is 26.7 Å². The van der Waals surface area contributed by atoms with Crippen LogP contribution in [0, 0.1) is 5.92 Å². The van der Waals surface area contributed by atoms with Crippen molar-refractivity contribution in [1.29, 1.82) is 0 Å². The third kappa shape index (κ3) is 4.94. The molecule has 3 aromatic carbocycles. The van der Waals surface area contributed by atoms with Crippen molar-refractivity contribution in [2.45, 2.75) is 23.2 Å². The summed E-state index contributed by atoms with van der Waals surface area (Å²) in [6.07, 6.45) is 2.06. The molecule has 1 fully saturated rings. The number of aromatic hydroxyl groups is 1. The van der Waals surface area contributed by atoms with Gasteiger partial charge in [-0.05, 0) is 35.4 Å². The molecular weight excluding hydrogens is 428 g/mol. The molecule has 1 amide bonds. The first-order chi connectivity index (χ1) is 15.9. The fourth-order valence-corrected chi connectivity index (χ4v) is 6.28. The zero-order chi connectivity index (χ0) is 23.3. The number of rotatable bonds is 9. The lowest BCUT2D eigenvalue weighted by Gasteiger charge is -2.38. The monoisotopic (exact) mass is 461 g/mol. The first kappa shape index (κ1) is 23.4. The summed E-state index contributed by atoms with van der Waals surface area (Å²) in [5.74, 6) is 1.22. The summed E-state index contributed by atoms with van der Waals surface area (Å²) >= 11 is 1.82. The van der Waals surface area contributed by atoms with Gasteiger partial charge in [-0.1, -0.05) is 60.7 Å². The second-order valence-electron chi connectivity index (χ2n) is 9.34. The number of nitrogens with zero attached hydrogens (tertiary/aromatic N) is 1. The summed E-state index contributed by atoms with van der Waals surface area (Å²) < 4.78 is 0.954. The molecule has 172 valence electrons. The van der Waals surface area contributed by atoms with E-state index in [1.807, 2.05) is 60.3 Å². The van der Waals surface area contributed by atoms with Crippen molar-refractivity contribution in [3.63, 3.8) is 0 Å². The number of carbonyl (C=O) groups excluding carboxylic acids is 1. The van der Waals surface area contributed by atoms with Crippen molar-refractivity contribution in [2.75, 3.05) is 32.4 Å². The van der Waals surface area contributed by atoms with Gasteiger partial charge in [0.2, 0.25) is 5.91 Å². The fourth-order valence-electron chi connectivity index (χ4n) is 5.44. The lowest BCUT2D eigenvalue weighted by Crippen LogP contribution is -2.51. The van der Waals surface area contributed by atoms with Gasteiger partial charge in [0.15, 0.2) is 0 Å². The van der Waals surface area contributed by atoms with Crippen LogP contribution in [0.5, 0.6) is 5.75 Å². The van der Waals surface area contributed by atoms with Gasteiger partial charge in [-0.25, -0.2) is 0 Å². The van der Waals surface area contributed by atoms with Gasteiger partial charge in [-0.3, -0.25) is 4.79 Å². The average molecular weight is 462 g/mol. The van der Waals surface area contributed by atoms with Crippen LogP contribution in [0.2, 0.25) is 0 Å². The molecule has 1 aliphatic rings. The normalized spacial score (nSPS) is 20.6. The van der Waals surface area contributed by atoms with Gasteiger partial charge < -0.3 is 15.3 Å². The Hall–Kier alpha value is -2.76. The third-order valence-electron chi connectivity index (χ3n) is 7.09. The zero-order valence-corrected chi connectivity index (χ0v) is 20.0. The standard InChI is InChI=1S/C28H32N2O2S/c1-30(18-8-20-33-26-15-13-25(31)14-16-26)19-17-24(21-30)28(27(29)32,22-9-4-2-5-10-22)23-11-6-3-7-12-23/h2-7,9-16,24H,8,17-21H2,1H3,(H2-,29,31,32)/p+1/t24-,30?/m1/s1. The van der Waals surface area contributed by atoms with E-state index >= 15 is 0 Å². The van der Waals surface area contributed by atoms with E-state index < -0.39 is 5.41 Å². The van der Waals surface area contributed by atoms with E-state index in [1.54, 1.807) is 12.1 Å². The Morgan fingerprint density at radius 2 is 1.58 bits per heavy atom. The molecule has 1 saturated heterocycles. The van der Waals surface area contributed by atoms with Crippen molar-refractivity contribution in [3.05, 3.63) is 96.1 Å². The number of thioether (sulfide) groups is 1. The fraction of sp³-hybridized carbons (Fsp3) is 0.321. The smallest absolute Gasteiger partial charge is 0.233 e. The van der Waals surface area contributed by atoms with Crippen molar-refractivity contribution in [2.24, 2.45) is 11.7 Å². The van der Waals surface area contributed by atoms with Crippen LogP contribution in [0.4, 0.5) is 0 Å². The van der Waals surface area contributed by atoms with Gasteiger partial charge in [-0.2, -0.15) is 0 Å². The number of quaternary nitrogens is 1. The first-order valence-electron chi connectivity index (χ1n) is 11.6. The van der Waals surface area contributed by atoms with Crippen LogP contribution in [0.3, 0.4) is 0 Å². The number of benzene rings is 3. The molecular formula is C28H33N2O2S+. The van der Waals surface area contributed by atoms with Crippen molar-refractivity contribution >= 4 is 17.7 Å². The van der Waals surface area contributed by atoms with Gasteiger partial charge in [-0.15, -0.1) is 11.8 Å². The quantitative estimate of drug-likeness (QED) is 0.273. The van der Waals surface area contributed by atoms with Crippen molar-refractivity contribution < 1.29 is 14.4 Å². The Kier molecular flexibility index (Phi) is 7.11. The van der Waals surface area contributed by atoms with Crippen LogP contribution in [0.1, 0.15) is 24.0 Å². The molecule has 3 aromatic rings. The molecule has 5 heteroatoms. The average Bonchev–Trinajstić information content (AvgIpc) is 3.22. The summed E-state index contributed by atoms with van der Waals surface area (Å²) in [6.45, 7) is 3.04. The summed E-state index contributed by atoms with van der Waals surface area (Å²) in [5, 5.41) is 9.46. The number of amides is 1. The molecule has 1 unspecified atom stereocenters. The molecule has 0 bridgehead atoms. The highest BCUT2D eigenvalue weighted by molar-refractivity contribution is 7.99. The first-order valence-corrected chi connectivity index (χ1v) is 12.6. The molecule has 1 aliphatic heterocycles. The number of primary amides is 1. The predicted molar refractivity (Wildman–Crippen MR) is 135 cm³/mol. The number of hydrogen-bond donors (Lipinski definition) is 2. The molecule has 4 nitrogen and oxygen atoms in total. The van der Waals surface area contributed by atoms with Crippen molar-refractivity contribution in [1.82, 2.24) is 0 Å². The minimum absolute atomic E-state index is 0.148. The number of carbonyl (C=O) groups is 1. The zero-order valence-electron chi connectivity index (χ0n) is 19.2. The highest BCUT2D eigenvalue weighted by atomic mass is 32.2. The minimum Gasteiger partial charge on any atom is -0.508 e. The highest BCUT2D eigenvalue weighted by Crippen LogP contribution is 2.45. The Labute approximate surface area is 201 Å². The van der Waals surface area contributed by atoms with Crippen LogP contribution in [0.25, 0.3) is 0 Å². The molecule has 2 atom stereocenters. The Bertz CT molecular complexity index is 1020. The minimum atomic E-state index is -0.820. The summed E-state index contributed by atoms with van der Waals surface area (Å²) in [6, 6.07) is 27.6. The van der Waals surface area contributed by atoms with Crippen LogP contribution in [-0.4, -0.2) is 47.9 Å². The van der Waals surface area contributed by atoms with Gasteiger partial charge >= 0.3 is 0 Å². The van der Waals surface area contributed by atoms with E-state index in [2.05, 4.69) is 31.3 Å². The maximum Gasteiger partial charge on any atom is 0.233 e. The molecule has 1 heterocycles. The van der Waals surface area contributed by atoms with Crippen LogP contribution in [-0.2, 0) is 10.2 Å². The Balaban J connectivity index is 1.51. The lowest BCUT2D eigenvalue weighted by molar-refractivity contribution is -0.899. The maximum absolute atomic E-state index is 13.3. The number of hydrogen-bond acceptors (Lipinski definition) is 3. The molecule has 0 saturated carbocycles. The van der Waals surface area contributed by atoms with E-state index in [4.69, 9.17) is 5.73 Å². The SMILES string of the molecule is C[N+]1(CCCSc2ccc(O)cc2)CC[C@@H](C(C(N)=O)(c2ccccc2)c2ccccc2)C1. The third-order valence-corrected chi connectivity index (χ3v) is 8.18. The van der Waals surface area contributed by atoms with Crippen LogP contribution >= 0.6 is 11.8 Å². The summed E-state index contributed by atoms with van der Waals surface area (Å²) in [5.41, 5.74) is 7.40. The van der Waals surface area contributed by atoms with Gasteiger partial charge in [0.1, 0.15) is 11.2 Å². The summed E-state index contributed by atoms with van der Waals surface area (Å²) in [4.78, 5) is 14.4. The maximum atomic E-state index is 13.3. The van der Waals surface area contributed by atoms with E-state index in [9.17, 15) is 9.90 Å². The van der Waals surface area contributed by atoms with Gasteiger partial charge in [0.25, 0.3) is 0 Å². The van der Waals surface area contributed by atoms with Gasteiger partial charge in [0, 0.05) is 29.4 Å². The van der Waals surface area contributed by atoms with Crippen LogP contribution < -0.4 is 5.73 Å². The summed E-state index contributed by atoms with van der Waals surface area (Å²) in [7, 11) is 2.31. The number of phenols is 1. The molecule has 33 heavy (non-hydrogen) atoms. The number of likely N-dealkylation sites (tertiary alicyclic amines) is 1. The van der Waals surface area contributed by atoms with E-state index in [0.29, 0.717) is 5.75 Å². The number of phenolic OH excluding ortho intramolecular Hbond substituents is 1. The van der Waals surface area contributed by atoms with Crippen LogP contribution in [0.15, 0.2) is 89.8 Å². The molecule has 3 N–H and O–H groups in total. The Morgan fingerprint density at radius 1 is 1.00 bits per heavy atom. The topological polar surface area (TPSA) is 63.3 Å². The second-order valence-corrected chi connectivity index (χ2v) is 10.5. The lowest BCUT2D eigenvalue weighted by atomic mass is 9.64. The highest BCUT2D eigenvalue weighted by Gasteiger charge is 2.53. The second kappa shape index (κ2) is 10.0. The molecule has 0 spiro atoms. The largest absolute Gasteiger partial charge is 0.508 e. The molecule has 4 rings (SSSR count). The predicted octanol–water partition coefficient (Wildman–Crippen LogP) is 4.81.